The van der Waals surface area contributed by atoms with Gasteiger partial charge in [-0.2, -0.15) is 0 Å². The van der Waals surface area contributed by atoms with Crippen molar-refractivity contribution in [2.24, 2.45) is 0 Å². The van der Waals surface area contributed by atoms with E-state index in [1.54, 1.807) is 6.07 Å². The van der Waals surface area contributed by atoms with Gasteiger partial charge in [-0.25, -0.2) is 0 Å². The quantitative estimate of drug-likeness (QED) is 0.777. The van der Waals surface area contributed by atoms with Crippen LogP contribution < -0.4 is 5.32 Å². The molecule has 0 saturated carbocycles. The predicted octanol–water partition coefficient (Wildman–Crippen LogP) is 2.58. The number of benzene rings is 1. The number of carbonyl (C=O) groups is 1. The number of hydrogen-bond acceptors (Lipinski definition) is 2. The molecule has 0 heterocycles. The van der Waals surface area contributed by atoms with E-state index in [1.165, 1.54) is 12.1 Å². The van der Waals surface area contributed by atoms with Crippen molar-refractivity contribution in [2.45, 2.75) is 19.8 Å². The van der Waals surface area contributed by atoms with E-state index in [0.29, 0.717) is 11.6 Å². The minimum Gasteiger partial charge on any atom is -0.507 e. The number of halogens is 1. The fraction of sp³-hybridized carbons (Fsp3) is 0.364. The van der Waals surface area contributed by atoms with Gasteiger partial charge in [-0.1, -0.05) is 24.9 Å². The van der Waals surface area contributed by atoms with Crippen LogP contribution in [0.2, 0.25) is 5.02 Å². The molecule has 1 aromatic rings. The Morgan fingerprint density at radius 2 is 2.27 bits per heavy atom. The van der Waals surface area contributed by atoms with Crippen molar-refractivity contribution in [3.05, 3.63) is 28.8 Å². The van der Waals surface area contributed by atoms with Crippen LogP contribution in [0.1, 0.15) is 30.1 Å². The molecule has 0 saturated heterocycles. The molecule has 3 nitrogen and oxygen atoms in total. The van der Waals surface area contributed by atoms with Gasteiger partial charge in [0.05, 0.1) is 5.56 Å². The van der Waals surface area contributed by atoms with E-state index in [9.17, 15) is 9.90 Å². The van der Waals surface area contributed by atoms with Gasteiger partial charge in [0.1, 0.15) is 5.75 Å². The number of phenolic OH excluding ortho intramolecular Hbond substituents is 1. The van der Waals surface area contributed by atoms with Gasteiger partial charge in [0.2, 0.25) is 0 Å². The lowest BCUT2D eigenvalue weighted by atomic mass is 10.2. The normalized spacial score (nSPS) is 10.0. The second-order valence-electron chi connectivity index (χ2n) is 3.27. The van der Waals surface area contributed by atoms with Crippen LogP contribution in [-0.4, -0.2) is 17.6 Å². The Bertz CT molecular complexity index is 352. The average molecular weight is 228 g/mol. The van der Waals surface area contributed by atoms with E-state index in [2.05, 4.69) is 5.32 Å². The molecule has 0 fully saturated rings. The van der Waals surface area contributed by atoms with E-state index in [1.807, 2.05) is 6.92 Å². The highest BCUT2D eigenvalue weighted by Gasteiger charge is 2.10. The number of amides is 1. The minimum absolute atomic E-state index is 0.0478. The first-order chi connectivity index (χ1) is 7.15. The largest absolute Gasteiger partial charge is 0.507 e. The Labute approximate surface area is 94.1 Å². The third-order valence-corrected chi connectivity index (χ3v) is 2.25. The van der Waals surface area contributed by atoms with Crippen molar-refractivity contribution in [3.63, 3.8) is 0 Å². The molecule has 0 bridgehead atoms. The van der Waals surface area contributed by atoms with Gasteiger partial charge in [0, 0.05) is 11.6 Å². The van der Waals surface area contributed by atoms with Gasteiger partial charge < -0.3 is 10.4 Å². The van der Waals surface area contributed by atoms with Crippen LogP contribution >= 0.6 is 11.6 Å². The standard InChI is InChI=1S/C11H14ClNO2/c1-2-3-6-13-11(15)9-7-8(12)4-5-10(9)14/h4-5,7,14H,2-3,6H2,1H3,(H,13,15). The van der Waals surface area contributed by atoms with E-state index in [4.69, 9.17) is 11.6 Å². The lowest BCUT2D eigenvalue weighted by Gasteiger charge is -2.06. The summed E-state index contributed by atoms with van der Waals surface area (Å²) in [6.45, 7) is 2.66. The molecule has 82 valence electrons. The topological polar surface area (TPSA) is 49.3 Å². The van der Waals surface area contributed by atoms with Crippen LogP contribution in [0.3, 0.4) is 0 Å². The van der Waals surface area contributed by atoms with E-state index in [-0.39, 0.29) is 17.2 Å². The summed E-state index contributed by atoms with van der Waals surface area (Å²) in [6, 6.07) is 4.41. The second kappa shape index (κ2) is 5.61. The summed E-state index contributed by atoms with van der Waals surface area (Å²) in [4.78, 5) is 11.6. The van der Waals surface area contributed by atoms with Gasteiger partial charge >= 0.3 is 0 Å². The Morgan fingerprint density at radius 1 is 1.53 bits per heavy atom. The fourth-order valence-electron chi connectivity index (χ4n) is 1.16. The third-order valence-electron chi connectivity index (χ3n) is 2.02. The van der Waals surface area contributed by atoms with Crippen molar-refractivity contribution in [2.75, 3.05) is 6.54 Å². The van der Waals surface area contributed by atoms with Crippen molar-refractivity contribution in [1.82, 2.24) is 5.32 Å². The smallest absolute Gasteiger partial charge is 0.255 e. The third kappa shape index (κ3) is 3.44. The highest BCUT2D eigenvalue weighted by atomic mass is 35.5. The molecule has 1 amide bonds. The van der Waals surface area contributed by atoms with Gasteiger partial charge in [-0.05, 0) is 24.6 Å². The van der Waals surface area contributed by atoms with E-state index >= 15 is 0 Å². The Hall–Kier alpha value is -1.22. The van der Waals surface area contributed by atoms with Crippen molar-refractivity contribution < 1.29 is 9.90 Å². The van der Waals surface area contributed by atoms with Crippen LogP contribution in [0.5, 0.6) is 5.75 Å². The molecule has 0 aliphatic carbocycles. The number of rotatable bonds is 4. The van der Waals surface area contributed by atoms with Crippen LogP contribution in [0.15, 0.2) is 18.2 Å². The summed E-state index contributed by atoms with van der Waals surface area (Å²) in [7, 11) is 0. The number of aromatic hydroxyl groups is 1. The molecular weight excluding hydrogens is 214 g/mol. The molecule has 0 unspecified atom stereocenters. The van der Waals surface area contributed by atoms with Gasteiger partial charge in [0.15, 0.2) is 0 Å². The molecule has 4 heteroatoms. The first kappa shape index (κ1) is 11.9. The van der Waals surface area contributed by atoms with Crippen molar-refractivity contribution in [1.29, 1.82) is 0 Å². The molecule has 0 aliphatic rings. The molecule has 1 aromatic carbocycles. The lowest BCUT2D eigenvalue weighted by molar-refractivity contribution is 0.0950. The molecule has 1 rings (SSSR count). The maximum Gasteiger partial charge on any atom is 0.255 e. The molecule has 15 heavy (non-hydrogen) atoms. The summed E-state index contributed by atoms with van der Waals surface area (Å²) in [6.07, 6.45) is 1.94. The van der Waals surface area contributed by atoms with Crippen LogP contribution in [0.4, 0.5) is 0 Å². The zero-order valence-electron chi connectivity index (χ0n) is 8.59. The van der Waals surface area contributed by atoms with Crippen molar-refractivity contribution >= 4 is 17.5 Å². The minimum atomic E-state index is -0.288. The summed E-state index contributed by atoms with van der Waals surface area (Å²) < 4.78 is 0. The maximum absolute atomic E-state index is 11.6. The molecule has 2 N–H and O–H groups in total. The summed E-state index contributed by atoms with van der Waals surface area (Å²) in [5.74, 6) is -0.336. The molecule has 0 spiro atoms. The highest BCUT2D eigenvalue weighted by molar-refractivity contribution is 6.31. The molecule has 0 radical (unpaired) electrons. The molecule has 0 atom stereocenters. The SMILES string of the molecule is CCCCNC(=O)c1cc(Cl)ccc1O. The molecule has 0 aliphatic heterocycles. The van der Waals surface area contributed by atoms with Crippen LogP contribution in [-0.2, 0) is 0 Å². The Kier molecular flexibility index (Phi) is 4.43. The molecule has 0 aromatic heterocycles. The summed E-state index contributed by atoms with van der Waals surface area (Å²) in [5.41, 5.74) is 0.221. The number of nitrogens with one attached hydrogen (secondary N) is 1. The number of hydrogen-bond donors (Lipinski definition) is 2. The zero-order chi connectivity index (χ0) is 11.3. The summed E-state index contributed by atoms with van der Waals surface area (Å²) >= 11 is 5.73. The predicted molar refractivity (Wildman–Crippen MR) is 60.4 cm³/mol. The van der Waals surface area contributed by atoms with E-state index in [0.717, 1.165) is 12.8 Å². The zero-order valence-corrected chi connectivity index (χ0v) is 9.34. The van der Waals surface area contributed by atoms with Crippen LogP contribution in [0.25, 0.3) is 0 Å². The van der Waals surface area contributed by atoms with Gasteiger partial charge in [-0.3, -0.25) is 4.79 Å². The van der Waals surface area contributed by atoms with Gasteiger partial charge in [-0.15, -0.1) is 0 Å². The number of carbonyl (C=O) groups excluding carboxylic acids is 1. The Morgan fingerprint density at radius 3 is 2.93 bits per heavy atom. The fourth-order valence-corrected chi connectivity index (χ4v) is 1.34. The number of unbranched alkanes of at least 4 members (excludes halogenated alkanes) is 1. The first-order valence-electron chi connectivity index (χ1n) is 4.92. The maximum atomic E-state index is 11.6. The molecular formula is C11H14ClNO2. The monoisotopic (exact) mass is 227 g/mol. The second-order valence-corrected chi connectivity index (χ2v) is 3.71. The average Bonchev–Trinajstić information content (AvgIpc) is 2.22. The first-order valence-corrected chi connectivity index (χ1v) is 5.29. The van der Waals surface area contributed by atoms with Crippen molar-refractivity contribution in [3.8, 4) is 5.75 Å². The highest BCUT2D eigenvalue weighted by Crippen LogP contribution is 2.21. The van der Waals surface area contributed by atoms with Gasteiger partial charge in [0.25, 0.3) is 5.91 Å². The Balaban J connectivity index is 2.68. The summed E-state index contributed by atoms with van der Waals surface area (Å²) in [5, 5.41) is 12.6. The number of phenols is 1. The van der Waals surface area contributed by atoms with Crippen LogP contribution in [0, 0.1) is 0 Å². The lowest BCUT2D eigenvalue weighted by Crippen LogP contribution is -2.24. The van der Waals surface area contributed by atoms with E-state index < -0.39 is 0 Å².